The molecule has 1 aromatic heterocycles. The summed E-state index contributed by atoms with van der Waals surface area (Å²) in [5.74, 6) is -1.71. The molecule has 1 N–H and O–H groups in total. The first-order valence-corrected chi connectivity index (χ1v) is 9.35. The van der Waals surface area contributed by atoms with Crippen LogP contribution < -0.4 is 0 Å². The molecule has 0 saturated heterocycles. The van der Waals surface area contributed by atoms with Gasteiger partial charge in [0.05, 0.1) is 22.3 Å². The van der Waals surface area contributed by atoms with Crippen molar-refractivity contribution in [2.45, 2.75) is 25.2 Å². The van der Waals surface area contributed by atoms with Gasteiger partial charge in [0.25, 0.3) is 5.91 Å². The van der Waals surface area contributed by atoms with E-state index in [0.717, 1.165) is 0 Å². The van der Waals surface area contributed by atoms with Crippen molar-refractivity contribution in [1.29, 1.82) is 0 Å². The standard InChI is InChI=1S/C20H15ClF3N3O3/c21-15-6-12-7-16(30-19(29)11-4-2-1-3-5-11)18(28)27(10-20(22,23)24)9-14(12)13-8-25-26-17(13)15/h1-6,8,16H,7,9-10H2,(H,25,26)/t16-/m1/s1. The van der Waals surface area contributed by atoms with Gasteiger partial charge in [0, 0.05) is 18.4 Å². The molecule has 1 aliphatic heterocycles. The number of rotatable bonds is 3. The Kier molecular flexibility index (Phi) is 5.15. The van der Waals surface area contributed by atoms with E-state index in [4.69, 9.17) is 16.3 Å². The van der Waals surface area contributed by atoms with Gasteiger partial charge in [0.1, 0.15) is 6.54 Å². The minimum absolute atomic E-state index is 0.0953. The van der Waals surface area contributed by atoms with Crippen LogP contribution in [0.2, 0.25) is 5.02 Å². The molecule has 0 aliphatic carbocycles. The number of benzene rings is 2. The molecule has 156 valence electrons. The molecule has 2 heterocycles. The predicted molar refractivity (Wildman–Crippen MR) is 102 cm³/mol. The Morgan fingerprint density at radius 3 is 2.73 bits per heavy atom. The van der Waals surface area contributed by atoms with E-state index in [1.807, 2.05) is 0 Å². The van der Waals surface area contributed by atoms with Gasteiger partial charge in [-0.2, -0.15) is 18.3 Å². The Morgan fingerprint density at radius 2 is 2.03 bits per heavy atom. The number of H-pyrrole nitrogens is 1. The topological polar surface area (TPSA) is 75.3 Å². The lowest BCUT2D eigenvalue weighted by atomic mass is 9.99. The van der Waals surface area contributed by atoms with Gasteiger partial charge in [0.15, 0.2) is 6.10 Å². The Bertz CT molecular complexity index is 1110. The van der Waals surface area contributed by atoms with E-state index < -0.39 is 30.7 Å². The SMILES string of the molecule is O=C(O[C@@H]1Cc2cc(Cl)c3[nH]ncc3c2CN(CC(F)(F)F)C1=O)c1ccccc1. The third-order valence-corrected chi connectivity index (χ3v) is 5.16. The van der Waals surface area contributed by atoms with Gasteiger partial charge in [-0.3, -0.25) is 9.89 Å². The summed E-state index contributed by atoms with van der Waals surface area (Å²) in [6.07, 6.45) is -4.67. The number of nitrogens with zero attached hydrogens (tertiary/aromatic N) is 2. The highest BCUT2D eigenvalue weighted by atomic mass is 35.5. The van der Waals surface area contributed by atoms with E-state index in [1.165, 1.54) is 18.3 Å². The number of ether oxygens (including phenoxy) is 1. The number of fused-ring (bicyclic) bond motifs is 3. The van der Waals surface area contributed by atoms with Crippen molar-refractivity contribution in [2.75, 3.05) is 6.54 Å². The first-order chi connectivity index (χ1) is 14.2. The molecule has 1 aliphatic rings. The predicted octanol–water partition coefficient (Wildman–Crippen LogP) is 3.89. The number of carbonyl (C=O) groups excluding carboxylic acids is 2. The molecule has 0 radical (unpaired) electrons. The molecule has 3 aromatic rings. The summed E-state index contributed by atoms with van der Waals surface area (Å²) in [6.45, 7) is -1.77. The maximum absolute atomic E-state index is 13.2. The van der Waals surface area contributed by atoms with Crippen molar-refractivity contribution >= 4 is 34.4 Å². The number of aromatic nitrogens is 2. The van der Waals surface area contributed by atoms with Crippen LogP contribution in [0.25, 0.3) is 10.9 Å². The zero-order valence-electron chi connectivity index (χ0n) is 15.4. The molecular weight excluding hydrogens is 423 g/mol. The summed E-state index contributed by atoms with van der Waals surface area (Å²) in [5.41, 5.74) is 1.67. The van der Waals surface area contributed by atoms with Crippen LogP contribution in [0.1, 0.15) is 21.5 Å². The van der Waals surface area contributed by atoms with Crippen LogP contribution in [0.15, 0.2) is 42.6 Å². The Morgan fingerprint density at radius 1 is 1.30 bits per heavy atom. The first kappa shape index (κ1) is 20.2. The second kappa shape index (κ2) is 7.64. The third kappa shape index (κ3) is 3.97. The zero-order chi connectivity index (χ0) is 21.5. The normalized spacial score (nSPS) is 17.0. The van der Waals surface area contributed by atoms with Gasteiger partial charge in [-0.1, -0.05) is 29.8 Å². The van der Waals surface area contributed by atoms with E-state index in [9.17, 15) is 22.8 Å². The van der Waals surface area contributed by atoms with Crippen LogP contribution >= 0.6 is 11.6 Å². The second-order valence-corrected chi connectivity index (χ2v) is 7.34. The molecule has 0 saturated carbocycles. The summed E-state index contributed by atoms with van der Waals surface area (Å²) in [4.78, 5) is 26.0. The maximum atomic E-state index is 13.2. The molecule has 4 rings (SSSR count). The van der Waals surface area contributed by atoms with Crippen molar-refractivity contribution < 1.29 is 27.5 Å². The average Bonchev–Trinajstić information content (AvgIpc) is 3.15. The number of aromatic amines is 1. The highest BCUT2D eigenvalue weighted by Gasteiger charge is 2.39. The molecule has 30 heavy (non-hydrogen) atoms. The van der Waals surface area contributed by atoms with Crippen molar-refractivity contribution in [3.8, 4) is 0 Å². The lowest BCUT2D eigenvalue weighted by Crippen LogP contribution is -2.44. The van der Waals surface area contributed by atoms with Gasteiger partial charge in [-0.25, -0.2) is 4.79 Å². The largest absolute Gasteiger partial charge is 0.448 e. The molecule has 0 bridgehead atoms. The molecule has 1 amide bonds. The lowest BCUT2D eigenvalue weighted by Gasteiger charge is -2.25. The molecule has 1 atom stereocenters. The fourth-order valence-corrected chi connectivity index (χ4v) is 3.80. The number of hydrogen-bond acceptors (Lipinski definition) is 4. The highest BCUT2D eigenvalue weighted by Crippen LogP contribution is 2.33. The maximum Gasteiger partial charge on any atom is 0.406 e. The minimum atomic E-state index is -4.61. The number of halogens is 4. The summed E-state index contributed by atoms with van der Waals surface area (Å²) >= 11 is 6.26. The number of alkyl halides is 3. The summed E-state index contributed by atoms with van der Waals surface area (Å²) in [7, 11) is 0. The van der Waals surface area contributed by atoms with E-state index in [2.05, 4.69) is 10.2 Å². The molecule has 2 aromatic carbocycles. The van der Waals surface area contributed by atoms with Gasteiger partial charge in [-0.05, 0) is 29.3 Å². The fraction of sp³-hybridized carbons (Fsp3) is 0.250. The van der Waals surface area contributed by atoms with E-state index in [0.29, 0.717) is 32.0 Å². The van der Waals surface area contributed by atoms with Crippen molar-refractivity contribution in [3.63, 3.8) is 0 Å². The second-order valence-electron chi connectivity index (χ2n) is 6.93. The summed E-state index contributed by atoms with van der Waals surface area (Å²) in [5, 5.41) is 7.44. The molecule has 0 unspecified atom stereocenters. The molecular formula is C20H15ClF3N3O3. The number of carbonyl (C=O) groups is 2. The Hall–Kier alpha value is -3.07. The lowest BCUT2D eigenvalue weighted by molar-refractivity contribution is -0.167. The number of hydrogen-bond donors (Lipinski definition) is 1. The first-order valence-electron chi connectivity index (χ1n) is 8.98. The number of nitrogens with one attached hydrogen (secondary N) is 1. The zero-order valence-corrected chi connectivity index (χ0v) is 16.1. The van der Waals surface area contributed by atoms with Crippen molar-refractivity contribution in [3.05, 3.63) is 64.3 Å². The van der Waals surface area contributed by atoms with Gasteiger partial charge in [-0.15, -0.1) is 0 Å². The molecule has 6 nitrogen and oxygen atoms in total. The van der Waals surface area contributed by atoms with Crippen LogP contribution in [-0.4, -0.2) is 45.8 Å². The smallest absolute Gasteiger partial charge is 0.406 e. The molecule has 0 spiro atoms. The summed E-state index contributed by atoms with van der Waals surface area (Å²) < 4.78 is 44.8. The number of esters is 1. The molecule has 0 fully saturated rings. The van der Waals surface area contributed by atoms with Crippen molar-refractivity contribution in [1.82, 2.24) is 15.1 Å². The van der Waals surface area contributed by atoms with E-state index >= 15 is 0 Å². The van der Waals surface area contributed by atoms with E-state index in [1.54, 1.807) is 24.3 Å². The van der Waals surface area contributed by atoms with Crippen molar-refractivity contribution in [2.24, 2.45) is 0 Å². The summed E-state index contributed by atoms with van der Waals surface area (Å²) in [6, 6.07) is 9.49. The molecule has 10 heteroatoms. The van der Waals surface area contributed by atoms with Gasteiger partial charge < -0.3 is 9.64 Å². The fourth-order valence-electron chi connectivity index (χ4n) is 3.52. The third-order valence-electron chi connectivity index (χ3n) is 4.86. The van der Waals surface area contributed by atoms with Crippen LogP contribution in [0.4, 0.5) is 13.2 Å². The monoisotopic (exact) mass is 437 g/mol. The average molecular weight is 438 g/mol. The quantitative estimate of drug-likeness (QED) is 0.631. The van der Waals surface area contributed by atoms with E-state index in [-0.39, 0.29) is 18.5 Å². The van der Waals surface area contributed by atoms with Gasteiger partial charge >= 0.3 is 12.1 Å². The number of amides is 1. The van der Waals surface area contributed by atoms with Crippen LogP contribution in [0.5, 0.6) is 0 Å². The van der Waals surface area contributed by atoms with Gasteiger partial charge in [0.2, 0.25) is 0 Å². The minimum Gasteiger partial charge on any atom is -0.448 e. The van der Waals surface area contributed by atoms with Crippen LogP contribution in [0.3, 0.4) is 0 Å². The van der Waals surface area contributed by atoms with Crippen LogP contribution in [-0.2, 0) is 22.5 Å². The Labute approximate surface area is 173 Å². The van der Waals surface area contributed by atoms with Crippen LogP contribution in [0, 0.1) is 0 Å². The Balaban J connectivity index is 1.74. The highest BCUT2D eigenvalue weighted by molar-refractivity contribution is 6.35.